The number of carbonyl (C=O) groups is 1. The molecule has 0 unspecified atom stereocenters. The maximum atomic E-state index is 12.1. The number of furan rings is 1. The SMILES string of the molecule is CC(C)CNS(=O)(=O)c1ccc(C(=O)NCc2ccco2)cc1. The van der Waals surface area contributed by atoms with Crippen molar-refractivity contribution in [2.45, 2.75) is 25.3 Å². The molecule has 0 fully saturated rings. The van der Waals surface area contributed by atoms with E-state index in [1.807, 2.05) is 13.8 Å². The summed E-state index contributed by atoms with van der Waals surface area (Å²) in [5.74, 6) is 0.576. The molecule has 1 amide bonds. The molecule has 0 aliphatic carbocycles. The van der Waals surface area contributed by atoms with Crippen LogP contribution in [0.3, 0.4) is 0 Å². The van der Waals surface area contributed by atoms with Gasteiger partial charge in [-0.25, -0.2) is 13.1 Å². The van der Waals surface area contributed by atoms with Crippen LogP contribution in [0.1, 0.15) is 30.0 Å². The van der Waals surface area contributed by atoms with E-state index < -0.39 is 10.0 Å². The Morgan fingerprint density at radius 2 is 1.87 bits per heavy atom. The predicted molar refractivity (Wildman–Crippen MR) is 86.3 cm³/mol. The molecular weight excluding hydrogens is 316 g/mol. The zero-order valence-corrected chi connectivity index (χ0v) is 13.9. The molecule has 23 heavy (non-hydrogen) atoms. The average Bonchev–Trinajstić information content (AvgIpc) is 3.04. The van der Waals surface area contributed by atoms with E-state index in [2.05, 4.69) is 10.0 Å². The Balaban J connectivity index is 1.99. The number of hydrogen-bond donors (Lipinski definition) is 2. The van der Waals surface area contributed by atoms with Crippen molar-refractivity contribution in [3.05, 3.63) is 54.0 Å². The molecule has 124 valence electrons. The van der Waals surface area contributed by atoms with Gasteiger partial charge in [-0.05, 0) is 42.3 Å². The van der Waals surface area contributed by atoms with Crippen LogP contribution >= 0.6 is 0 Å². The van der Waals surface area contributed by atoms with E-state index in [-0.39, 0.29) is 23.3 Å². The standard InChI is InChI=1S/C16H20N2O4S/c1-12(2)10-18-23(20,21)15-7-5-13(6-8-15)16(19)17-11-14-4-3-9-22-14/h3-9,12,18H,10-11H2,1-2H3,(H,17,19). The van der Waals surface area contributed by atoms with Crippen LogP contribution in [-0.4, -0.2) is 20.9 Å². The number of nitrogens with one attached hydrogen (secondary N) is 2. The summed E-state index contributed by atoms with van der Waals surface area (Å²) in [7, 11) is -3.54. The Morgan fingerprint density at radius 3 is 2.43 bits per heavy atom. The molecular formula is C16H20N2O4S. The van der Waals surface area contributed by atoms with Crippen molar-refractivity contribution < 1.29 is 17.6 Å². The van der Waals surface area contributed by atoms with Crippen LogP contribution < -0.4 is 10.0 Å². The second kappa shape index (κ2) is 7.43. The molecule has 6 nitrogen and oxygen atoms in total. The quantitative estimate of drug-likeness (QED) is 0.811. The van der Waals surface area contributed by atoms with Crippen LogP contribution in [0.2, 0.25) is 0 Å². The summed E-state index contributed by atoms with van der Waals surface area (Å²) in [5, 5.41) is 2.70. The molecule has 0 aliphatic heterocycles. The summed E-state index contributed by atoms with van der Waals surface area (Å²) in [6.45, 7) is 4.50. The van der Waals surface area contributed by atoms with Crippen molar-refractivity contribution in [1.29, 1.82) is 0 Å². The minimum atomic E-state index is -3.54. The molecule has 0 saturated carbocycles. The van der Waals surface area contributed by atoms with E-state index in [9.17, 15) is 13.2 Å². The first-order valence-electron chi connectivity index (χ1n) is 7.29. The van der Waals surface area contributed by atoms with Crippen LogP contribution in [-0.2, 0) is 16.6 Å². The molecule has 7 heteroatoms. The van der Waals surface area contributed by atoms with Gasteiger partial charge < -0.3 is 9.73 Å². The first-order valence-corrected chi connectivity index (χ1v) is 8.77. The van der Waals surface area contributed by atoms with Gasteiger partial charge >= 0.3 is 0 Å². The van der Waals surface area contributed by atoms with E-state index in [1.165, 1.54) is 30.5 Å². The van der Waals surface area contributed by atoms with Crippen LogP contribution in [0.5, 0.6) is 0 Å². The summed E-state index contributed by atoms with van der Waals surface area (Å²) in [5.41, 5.74) is 0.388. The summed E-state index contributed by atoms with van der Waals surface area (Å²) in [4.78, 5) is 12.1. The van der Waals surface area contributed by atoms with Crippen molar-refractivity contribution in [3.8, 4) is 0 Å². The molecule has 1 aromatic heterocycles. The molecule has 0 aliphatic rings. The highest BCUT2D eigenvalue weighted by Gasteiger charge is 2.15. The number of benzene rings is 1. The molecule has 0 atom stereocenters. The Bertz CT molecular complexity index is 735. The first-order chi connectivity index (χ1) is 10.9. The fourth-order valence-electron chi connectivity index (χ4n) is 1.83. The van der Waals surface area contributed by atoms with Gasteiger partial charge in [0.25, 0.3) is 5.91 Å². The van der Waals surface area contributed by atoms with E-state index in [0.717, 1.165) is 0 Å². The van der Waals surface area contributed by atoms with Gasteiger partial charge in [-0.15, -0.1) is 0 Å². The van der Waals surface area contributed by atoms with E-state index >= 15 is 0 Å². The smallest absolute Gasteiger partial charge is 0.251 e. The third-order valence-corrected chi connectivity index (χ3v) is 4.55. The van der Waals surface area contributed by atoms with Gasteiger partial charge in [0, 0.05) is 12.1 Å². The maximum absolute atomic E-state index is 12.1. The van der Waals surface area contributed by atoms with Gasteiger partial charge in [0.1, 0.15) is 5.76 Å². The molecule has 0 saturated heterocycles. The van der Waals surface area contributed by atoms with Crippen molar-refractivity contribution >= 4 is 15.9 Å². The van der Waals surface area contributed by atoms with Gasteiger partial charge in [-0.3, -0.25) is 4.79 Å². The van der Waals surface area contributed by atoms with E-state index in [1.54, 1.807) is 12.1 Å². The molecule has 1 heterocycles. The number of sulfonamides is 1. The number of rotatable bonds is 7. The van der Waals surface area contributed by atoms with Crippen LogP contribution in [0.25, 0.3) is 0 Å². The van der Waals surface area contributed by atoms with Gasteiger partial charge in [0.05, 0.1) is 17.7 Å². The normalized spacial score (nSPS) is 11.6. The van der Waals surface area contributed by atoms with Crippen molar-refractivity contribution in [2.24, 2.45) is 5.92 Å². The molecule has 2 rings (SSSR count). The molecule has 0 radical (unpaired) electrons. The highest BCUT2D eigenvalue weighted by Crippen LogP contribution is 2.11. The van der Waals surface area contributed by atoms with Crippen molar-refractivity contribution in [1.82, 2.24) is 10.0 Å². The number of amides is 1. The molecule has 0 bridgehead atoms. The summed E-state index contributed by atoms with van der Waals surface area (Å²) in [6, 6.07) is 9.32. The lowest BCUT2D eigenvalue weighted by Gasteiger charge is -2.09. The average molecular weight is 336 g/mol. The molecule has 0 spiro atoms. The van der Waals surface area contributed by atoms with Crippen LogP contribution in [0.4, 0.5) is 0 Å². The highest BCUT2D eigenvalue weighted by atomic mass is 32.2. The van der Waals surface area contributed by atoms with Gasteiger partial charge in [-0.1, -0.05) is 13.8 Å². The minimum Gasteiger partial charge on any atom is -0.467 e. The van der Waals surface area contributed by atoms with Crippen molar-refractivity contribution in [3.63, 3.8) is 0 Å². The molecule has 1 aromatic carbocycles. The Hall–Kier alpha value is -2.12. The largest absolute Gasteiger partial charge is 0.467 e. The Morgan fingerprint density at radius 1 is 1.17 bits per heavy atom. The van der Waals surface area contributed by atoms with Crippen LogP contribution in [0.15, 0.2) is 52.0 Å². The van der Waals surface area contributed by atoms with E-state index in [4.69, 9.17) is 4.42 Å². The van der Waals surface area contributed by atoms with Gasteiger partial charge in [0.15, 0.2) is 0 Å². The predicted octanol–water partition coefficient (Wildman–Crippen LogP) is 2.14. The summed E-state index contributed by atoms with van der Waals surface area (Å²) in [6.07, 6.45) is 1.53. The lowest BCUT2D eigenvalue weighted by Crippen LogP contribution is -2.27. The van der Waals surface area contributed by atoms with Crippen LogP contribution in [0, 0.1) is 5.92 Å². The summed E-state index contributed by atoms with van der Waals surface area (Å²) < 4.78 is 31.8. The number of hydrogen-bond acceptors (Lipinski definition) is 4. The van der Waals surface area contributed by atoms with E-state index in [0.29, 0.717) is 17.9 Å². The zero-order valence-electron chi connectivity index (χ0n) is 13.1. The second-order valence-corrected chi connectivity index (χ2v) is 7.30. The third kappa shape index (κ3) is 4.94. The highest BCUT2D eigenvalue weighted by molar-refractivity contribution is 7.89. The summed E-state index contributed by atoms with van der Waals surface area (Å²) >= 11 is 0. The van der Waals surface area contributed by atoms with Gasteiger partial charge in [-0.2, -0.15) is 0 Å². The third-order valence-electron chi connectivity index (χ3n) is 3.11. The second-order valence-electron chi connectivity index (χ2n) is 5.53. The lowest BCUT2D eigenvalue weighted by atomic mass is 10.2. The van der Waals surface area contributed by atoms with Gasteiger partial charge in [0.2, 0.25) is 10.0 Å². The Labute approximate surface area is 135 Å². The Kier molecular flexibility index (Phi) is 5.57. The minimum absolute atomic E-state index is 0.140. The number of carbonyl (C=O) groups excluding carboxylic acids is 1. The first kappa shape index (κ1) is 17.2. The monoisotopic (exact) mass is 336 g/mol. The lowest BCUT2D eigenvalue weighted by molar-refractivity contribution is 0.0948. The molecule has 2 aromatic rings. The fourth-order valence-corrected chi connectivity index (χ4v) is 3.04. The maximum Gasteiger partial charge on any atom is 0.251 e. The fraction of sp³-hybridized carbons (Fsp3) is 0.312. The molecule has 2 N–H and O–H groups in total. The zero-order chi connectivity index (χ0) is 16.9. The topological polar surface area (TPSA) is 88.4 Å². The van der Waals surface area contributed by atoms with Crippen molar-refractivity contribution in [2.75, 3.05) is 6.54 Å².